The van der Waals surface area contributed by atoms with Crippen LogP contribution in [0.1, 0.15) is 13.3 Å². The van der Waals surface area contributed by atoms with Gasteiger partial charge in [0.25, 0.3) is 5.91 Å². The van der Waals surface area contributed by atoms with Gasteiger partial charge in [0.1, 0.15) is 0 Å². The van der Waals surface area contributed by atoms with Crippen molar-refractivity contribution >= 4 is 17.5 Å². The molecule has 0 spiro atoms. The van der Waals surface area contributed by atoms with Gasteiger partial charge in [-0.25, -0.2) is 4.90 Å². The third-order valence-corrected chi connectivity index (χ3v) is 2.86. The molecule has 2 amide bonds. The zero-order valence-corrected chi connectivity index (χ0v) is 10.1. The van der Waals surface area contributed by atoms with Gasteiger partial charge in [-0.2, -0.15) is 0 Å². The maximum atomic E-state index is 12.1. The van der Waals surface area contributed by atoms with E-state index in [9.17, 15) is 9.59 Å². The number of benzene rings is 1. The summed E-state index contributed by atoms with van der Waals surface area (Å²) in [5, 5.41) is 2.96. The Morgan fingerprint density at radius 1 is 1.39 bits per heavy atom. The minimum Gasteiger partial charge on any atom is -0.292 e. The fourth-order valence-corrected chi connectivity index (χ4v) is 1.96. The van der Waals surface area contributed by atoms with Crippen molar-refractivity contribution in [2.45, 2.75) is 25.4 Å². The molecule has 18 heavy (non-hydrogen) atoms. The highest BCUT2D eigenvalue weighted by molar-refractivity contribution is 6.22. The number of hydrogen-bond acceptors (Lipinski definition) is 3. The second kappa shape index (κ2) is 5.03. The normalized spacial score (nSPS) is 20.9. The maximum absolute atomic E-state index is 12.1. The first-order chi connectivity index (χ1) is 8.63. The van der Waals surface area contributed by atoms with Gasteiger partial charge >= 0.3 is 0 Å². The quantitative estimate of drug-likeness (QED) is 0.633. The summed E-state index contributed by atoms with van der Waals surface area (Å²) in [6.45, 7) is 1.78. The lowest BCUT2D eigenvalue weighted by Crippen LogP contribution is -2.42. The molecule has 1 N–H and O–H groups in total. The first-order valence-electron chi connectivity index (χ1n) is 5.77. The van der Waals surface area contributed by atoms with Crippen LogP contribution in [-0.2, 0) is 9.59 Å². The van der Waals surface area contributed by atoms with Gasteiger partial charge in [0, 0.05) is 0 Å². The molecule has 0 aromatic heterocycles. The fourth-order valence-electron chi connectivity index (χ4n) is 1.96. The van der Waals surface area contributed by atoms with Gasteiger partial charge in [-0.3, -0.25) is 14.9 Å². The predicted molar refractivity (Wildman–Crippen MR) is 68.8 cm³/mol. The van der Waals surface area contributed by atoms with Gasteiger partial charge in [0.15, 0.2) is 0 Å². The van der Waals surface area contributed by atoms with Gasteiger partial charge in [-0.1, -0.05) is 24.1 Å². The van der Waals surface area contributed by atoms with Crippen molar-refractivity contribution in [2.24, 2.45) is 0 Å². The molecule has 1 aromatic rings. The van der Waals surface area contributed by atoms with Crippen LogP contribution in [0.5, 0.6) is 0 Å². The molecule has 4 nitrogen and oxygen atoms in total. The molecular formula is C14H14N2O2. The van der Waals surface area contributed by atoms with Crippen LogP contribution in [-0.4, -0.2) is 23.9 Å². The van der Waals surface area contributed by atoms with Crippen molar-refractivity contribution < 1.29 is 9.59 Å². The minimum absolute atomic E-state index is 0.153. The summed E-state index contributed by atoms with van der Waals surface area (Å²) < 4.78 is 0. The van der Waals surface area contributed by atoms with Gasteiger partial charge in [-0.05, 0) is 19.1 Å². The van der Waals surface area contributed by atoms with E-state index in [1.54, 1.807) is 31.2 Å². The number of amides is 2. The van der Waals surface area contributed by atoms with E-state index < -0.39 is 6.04 Å². The summed E-state index contributed by atoms with van der Waals surface area (Å²) in [6, 6.07) is 8.14. The number of rotatable bonds is 3. The average molecular weight is 242 g/mol. The largest absolute Gasteiger partial charge is 0.292 e. The second-order valence-electron chi connectivity index (χ2n) is 4.21. The summed E-state index contributed by atoms with van der Waals surface area (Å²) in [6.07, 6.45) is 5.41. The van der Waals surface area contributed by atoms with Crippen LogP contribution in [0.4, 0.5) is 5.69 Å². The third-order valence-electron chi connectivity index (χ3n) is 2.86. The second-order valence-corrected chi connectivity index (χ2v) is 4.21. The highest BCUT2D eigenvalue weighted by Gasteiger charge is 2.39. The molecule has 0 aliphatic carbocycles. The van der Waals surface area contributed by atoms with E-state index in [4.69, 9.17) is 6.42 Å². The number of carbonyl (C=O) groups excluding carboxylic acids is 2. The lowest BCUT2D eigenvalue weighted by atomic mass is 10.2. The summed E-state index contributed by atoms with van der Waals surface area (Å²) in [4.78, 5) is 25.2. The van der Waals surface area contributed by atoms with Gasteiger partial charge in [0.05, 0.1) is 24.2 Å². The smallest absolute Gasteiger partial charge is 0.251 e. The Morgan fingerprint density at radius 3 is 2.67 bits per heavy atom. The van der Waals surface area contributed by atoms with Gasteiger partial charge < -0.3 is 0 Å². The summed E-state index contributed by atoms with van der Waals surface area (Å²) in [7, 11) is 0. The number of anilines is 1. The molecule has 0 radical (unpaired) electrons. The van der Waals surface area contributed by atoms with E-state index in [-0.39, 0.29) is 24.3 Å². The number of nitrogens with one attached hydrogen (secondary N) is 1. The standard InChI is InChI=1S/C14H14N2O2/c1-3-10(2)15-12-9-13(17)16(14(12)18)11-7-5-4-6-8-11/h1,4-8,10,12,15H,9H2,2H3. The number of terminal acetylenes is 1. The summed E-state index contributed by atoms with van der Waals surface area (Å²) in [5.41, 5.74) is 0.602. The Bertz CT molecular complexity index is 504. The highest BCUT2D eigenvalue weighted by Crippen LogP contribution is 2.22. The van der Waals surface area contributed by atoms with Gasteiger partial charge in [0.2, 0.25) is 5.91 Å². The summed E-state index contributed by atoms with van der Waals surface area (Å²) >= 11 is 0. The van der Waals surface area contributed by atoms with Crippen LogP contribution < -0.4 is 10.2 Å². The molecule has 1 fully saturated rings. The lowest BCUT2D eigenvalue weighted by Gasteiger charge is -2.16. The molecule has 2 rings (SSSR count). The molecule has 1 aromatic carbocycles. The van der Waals surface area contributed by atoms with Crippen molar-refractivity contribution in [3.05, 3.63) is 30.3 Å². The topological polar surface area (TPSA) is 49.4 Å². The van der Waals surface area contributed by atoms with Crippen molar-refractivity contribution in [2.75, 3.05) is 4.90 Å². The van der Waals surface area contributed by atoms with Crippen molar-refractivity contribution in [1.29, 1.82) is 0 Å². The number of para-hydroxylation sites is 1. The van der Waals surface area contributed by atoms with E-state index >= 15 is 0 Å². The van der Waals surface area contributed by atoms with Crippen LogP contribution in [0.3, 0.4) is 0 Å². The molecule has 2 unspecified atom stereocenters. The van der Waals surface area contributed by atoms with Crippen molar-refractivity contribution in [1.82, 2.24) is 5.32 Å². The van der Waals surface area contributed by atoms with Crippen molar-refractivity contribution in [3.8, 4) is 12.3 Å². The Kier molecular flexibility index (Phi) is 3.45. The average Bonchev–Trinajstić information content (AvgIpc) is 2.65. The molecule has 92 valence electrons. The van der Waals surface area contributed by atoms with Crippen LogP contribution in [0.15, 0.2) is 30.3 Å². The van der Waals surface area contributed by atoms with E-state index in [0.29, 0.717) is 5.69 Å². The molecule has 1 aliphatic heterocycles. The van der Waals surface area contributed by atoms with Gasteiger partial charge in [-0.15, -0.1) is 6.42 Å². The Labute approximate surface area is 106 Å². The molecule has 1 aliphatic rings. The number of imide groups is 1. The SMILES string of the molecule is C#CC(C)NC1CC(=O)N(c2ccccc2)C1=O. The Hall–Kier alpha value is -2.12. The molecule has 4 heteroatoms. The van der Waals surface area contributed by atoms with E-state index in [1.807, 2.05) is 6.07 Å². The molecule has 1 heterocycles. The monoisotopic (exact) mass is 242 g/mol. The zero-order chi connectivity index (χ0) is 13.1. The van der Waals surface area contributed by atoms with E-state index in [2.05, 4.69) is 11.2 Å². The Morgan fingerprint density at radius 2 is 2.06 bits per heavy atom. The highest BCUT2D eigenvalue weighted by atomic mass is 16.2. The molecule has 0 bridgehead atoms. The zero-order valence-electron chi connectivity index (χ0n) is 10.1. The third kappa shape index (κ3) is 2.27. The maximum Gasteiger partial charge on any atom is 0.251 e. The van der Waals surface area contributed by atoms with Crippen molar-refractivity contribution in [3.63, 3.8) is 0 Å². The number of hydrogen-bond donors (Lipinski definition) is 1. The minimum atomic E-state index is -0.524. The van der Waals surface area contributed by atoms with Crippen LogP contribution in [0.2, 0.25) is 0 Å². The van der Waals surface area contributed by atoms with Crippen LogP contribution in [0.25, 0.3) is 0 Å². The molecule has 2 atom stereocenters. The van der Waals surface area contributed by atoms with Crippen LogP contribution >= 0.6 is 0 Å². The van der Waals surface area contributed by atoms with E-state index in [0.717, 1.165) is 0 Å². The first-order valence-corrected chi connectivity index (χ1v) is 5.77. The van der Waals surface area contributed by atoms with E-state index in [1.165, 1.54) is 4.90 Å². The number of nitrogens with zero attached hydrogens (tertiary/aromatic N) is 1. The molecule has 0 saturated carbocycles. The molecular weight excluding hydrogens is 228 g/mol. The van der Waals surface area contributed by atoms with Crippen LogP contribution in [0, 0.1) is 12.3 Å². The predicted octanol–water partition coefficient (Wildman–Crippen LogP) is 0.930. The first kappa shape index (κ1) is 12.3. The number of carbonyl (C=O) groups is 2. The Balaban J connectivity index is 2.18. The fraction of sp³-hybridized carbons (Fsp3) is 0.286. The lowest BCUT2D eigenvalue weighted by molar-refractivity contribution is -0.121. The summed E-state index contributed by atoms with van der Waals surface area (Å²) in [5.74, 6) is 2.05. The molecule has 1 saturated heterocycles.